The van der Waals surface area contributed by atoms with E-state index in [1.165, 1.54) is 24.0 Å². The first-order chi connectivity index (χ1) is 12.2. The Morgan fingerprint density at radius 3 is 2.33 bits per heavy atom. The molecule has 6 nitrogen and oxygen atoms in total. The molecule has 0 aromatic carbocycles. The van der Waals surface area contributed by atoms with Gasteiger partial charge in [0.05, 0.1) is 0 Å². The number of guanidine groups is 1. The molecule has 27 heavy (non-hydrogen) atoms. The zero-order valence-corrected chi connectivity index (χ0v) is 18.6. The quantitative estimate of drug-likeness (QED) is 0.274. The van der Waals surface area contributed by atoms with Crippen LogP contribution in [-0.4, -0.2) is 46.4 Å². The summed E-state index contributed by atoms with van der Waals surface area (Å²) in [7, 11) is 1.42. The van der Waals surface area contributed by atoms with E-state index in [1.807, 2.05) is 6.92 Å². The number of halogens is 4. The van der Waals surface area contributed by atoms with Crippen LogP contribution in [0.3, 0.4) is 0 Å². The van der Waals surface area contributed by atoms with Gasteiger partial charge in [-0.3, -0.25) is 4.99 Å². The standard InChI is InChI=1S/C17H30F3N5O.HI/c1-5-13(6-2)12-24-15(21-7-3)23-9-8-16(26,17(18,19)20)14-22-10-11-25(14)4;/h10-11,13,26H,5-9,12H2,1-4H3,(H2,21,23,24);1H. The van der Waals surface area contributed by atoms with Crippen LogP contribution in [0.15, 0.2) is 17.4 Å². The van der Waals surface area contributed by atoms with Gasteiger partial charge in [0.25, 0.3) is 0 Å². The number of alkyl halides is 3. The fourth-order valence-electron chi connectivity index (χ4n) is 2.62. The Balaban J connectivity index is 0.00000676. The summed E-state index contributed by atoms with van der Waals surface area (Å²) in [4.78, 5) is 8.12. The number of imidazole rings is 1. The van der Waals surface area contributed by atoms with Crippen molar-refractivity contribution in [3.8, 4) is 0 Å². The number of aryl methyl sites for hydroxylation is 1. The summed E-state index contributed by atoms with van der Waals surface area (Å²) in [6, 6.07) is 0. The Labute approximate surface area is 176 Å². The zero-order valence-electron chi connectivity index (χ0n) is 16.3. The topological polar surface area (TPSA) is 74.5 Å². The van der Waals surface area contributed by atoms with Crippen LogP contribution in [-0.2, 0) is 12.6 Å². The average molecular weight is 505 g/mol. The summed E-state index contributed by atoms with van der Waals surface area (Å²) in [5, 5.41) is 16.2. The van der Waals surface area contributed by atoms with Gasteiger partial charge < -0.3 is 20.3 Å². The number of hydrogen-bond donors (Lipinski definition) is 3. The minimum absolute atomic E-state index is 0. The van der Waals surface area contributed by atoms with E-state index in [0.717, 1.165) is 12.8 Å². The molecule has 0 aliphatic carbocycles. The number of hydrogen-bond acceptors (Lipinski definition) is 3. The van der Waals surface area contributed by atoms with Crippen LogP contribution in [0.1, 0.15) is 45.9 Å². The molecule has 0 radical (unpaired) electrons. The van der Waals surface area contributed by atoms with Gasteiger partial charge in [-0.1, -0.05) is 26.7 Å². The summed E-state index contributed by atoms with van der Waals surface area (Å²) >= 11 is 0. The van der Waals surface area contributed by atoms with Crippen molar-refractivity contribution in [2.45, 2.75) is 51.8 Å². The van der Waals surface area contributed by atoms with E-state index < -0.39 is 24.0 Å². The monoisotopic (exact) mass is 505 g/mol. The summed E-state index contributed by atoms with van der Waals surface area (Å²) < 4.78 is 41.6. The molecule has 0 saturated carbocycles. The molecule has 3 N–H and O–H groups in total. The van der Waals surface area contributed by atoms with Gasteiger partial charge in [0.15, 0.2) is 5.96 Å². The van der Waals surface area contributed by atoms with Crippen molar-refractivity contribution in [3.05, 3.63) is 18.2 Å². The molecule has 0 spiro atoms. The van der Waals surface area contributed by atoms with Gasteiger partial charge in [0.1, 0.15) is 5.82 Å². The lowest BCUT2D eigenvalue weighted by Gasteiger charge is -2.30. The fraction of sp³-hybridized carbons (Fsp3) is 0.765. The third-order valence-electron chi connectivity index (χ3n) is 4.45. The molecule has 0 fully saturated rings. The van der Waals surface area contributed by atoms with Gasteiger partial charge >= 0.3 is 6.18 Å². The molecule has 0 amide bonds. The highest BCUT2D eigenvalue weighted by atomic mass is 127. The van der Waals surface area contributed by atoms with E-state index in [9.17, 15) is 18.3 Å². The molecule has 1 atom stereocenters. The maximum atomic E-state index is 13.5. The molecule has 1 rings (SSSR count). The Morgan fingerprint density at radius 2 is 1.89 bits per heavy atom. The lowest BCUT2D eigenvalue weighted by atomic mass is 9.97. The van der Waals surface area contributed by atoms with Gasteiger partial charge in [-0.05, 0) is 12.8 Å². The second kappa shape index (κ2) is 11.7. The largest absolute Gasteiger partial charge is 0.424 e. The van der Waals surface area contributed by atoms with Crippen molar-refractivity contribution in [3.63, 3.8) is 0 Å². The van der Waals surface area contributed by atoms with Gasteiger partial charge in [0, 0.05) is 45.5 Å². The normalized spacial score (nSPS) is 14.6. The van der Waals surface area contributed by atoms with E-state index in [4.69, 9.17) is 0 Å². The number of aliphatic hydroxyl groups is 1. The molecule has 0 saturated heterocycles. The molecule has 1 aromatic rings. The minimum Gasteiger partial charge on any atom is -0.374 e. The van der Waals surface area contributed by atoms with Crippen LogP contribution >= 0.6 is 24.0 Å². The molecule has 0 aliphatic rings. The number of aromatic nitrogens is 2. The van der Waals surface area contributed by atoms with Crippen molar-refractivity contribution in [1.82, 2.24) is 20.2 Å². The fourth-order valence-corrected chi connectivity index (χ4v) is 2.62. The van der Waals surface area contributed by atoms with E-state index in [0.29, 0.717) is 25.0 Å². The van der Waals surface area contributed by atoms with Crippen LogP contribution in [0, 0.1) is 5.92 Å². The summed E-state index contributed by atoms with van der Waals surface area (Å²) in [6.07, 6.45) is -0.810. The molecule has 10 heteroatoms. The van der Waals surface area contributed by atoms with Crippen LogP contribution < -0.4 is 10.6 Å². The number of rotatable bonds is 9. The molecular formula is C17H31F3IN5O. The second-order valence-electron chi connectivity index (χ2n) is 6.30. The SMILES string of the molecule is CCNC(=NCC(CC)CC)NCCC(O)(c1nccn1C)C(F)(F)F.I. The van der Waals surface area contributed by atoms with Crippen LogP contribution in [0.2, 0.25) is 0 Å². The summed E-state index contributed by atoms with van der Waals surface area (Å²) in [5.74, 6) is 0.458. The highest BCUT2D eigenvalue weighted by Gasteiger charge is 2.57. The third kappa shape index (κ3) is 7.13. The van der Waals surface area contributed by atoms with Gasteiger partial charge in [-0.25, -0.2) is 4.98 Å². The molecule has 158 valence electrons. The molecular weight excluding hydrogens is 474 g/mol. The summed E-state index contributed by atoms with van der Waals surface area (Å²) in [6.45, 7) is 7.15. The Hall–Kier alpha value is -1.04. The first-order valence-corrected chi connectivity index (χ1v) is 8.98. The summed E-state index contributed by atoms with van der Waals surface area (Å²) in [5.41, 5.74) is -3.02. The lowest BCUT2D eigenvalue weighted by Crippen LogP contribution is -2.48. The predicted octanol–water partition coefficient (Wildman–Crippen LogP) is 3.17. The highest BCUT2D eigenvalue weighted by Crippen LogP contribution is 2.40. The number of aliphatic imine (C=N–C) groups is 1. The minimum atomic E-state index is -4.83. The lowest BCUT2D eigenvalue weighted by molar-refractivity contribution is -0.272. The Kier molecular flexibility index (Phi) is 11.3. The molecule has 0 aliphatic heterocycles. The van der Waals surface area contributed by atoms with E-state index in [-0.39, 0.29) is 30.5 Å². The van der Waals surface area contributed by atoms with Gasteiger partial charge in [-0.15, -0.1) is 24.0 Å². The van der Waals surface area contributed by atoms with E-state index in [2.05, 4.69) is 34.5 Å². The maximum Gasteiger partial charge on any atom is 0.424 e. The van der Waals surface area contributed by atoms with Crippen molar-refractivity contribution in [2.24, 2.45) is 18.0 Å². The Morgan fingerprint density at radius 1 is 1.26 bits per heavy atom. The van der Waals surface area contributed by atoms with Gasteiger partial charge in [-0.2, -0.15) is 13.2 Å². The van der Waals surface area contributed by atoms with Crippen molar-refractivity contribution < 1.29 is 18.3 Å². The number of nitrogens with one attached hydrogen (secondary N) is 2. The van der Waals surface area contributed by atoms with E-state index in [1.54, 1.807) is 0 Å². The van der Waals surface area contributed by atoms with Gasteiger partial charge in [0.2, 0.25) is 5.60 Å². The predicted molar refractivity (Wildman–Crippen MR) is 111 cm³/mol. The number of nitrogens with zero attached hydrogens (tertiary/aromatic N) is 3. The van der Waals surface area contributed by atoms with Crippen molar-refractivity contribution in [1.29, 1.82) is 0 Å². The van der Waals surface area contributed by atoms with Crippen molar-refractivity contribution in [2.75, 3.05) is 19.6 Å². The third-order valence-corrected chi connectivity index (χ3v) is 4.45. The first kappa shape index (κ1) is 26.0. The zero-order chi connectivity index (χ0) is 19.8. The van der Waals surface area contributed by atoms with Crippen molar-refractivity contribution >= 4 is 29.9 Å². The first-order valence-electron chi connectivity index (χ1n) is 8.98. The Bertz CT molecular complexity index is 575. The van der Waals surface area contributed by atoms with Crippen LogP contribution in [0.4, 0.5) is 13.2 Å². The molecule has 1 unspecified atom stereocenters. The second-order valence-corrected chi connectivity index (χ2v) is 6.30. The van der Waals surface area contributed by atoms with E-state index >= 15 is 0 Å². The highest BCUT2D eigenvalue weighted by molar-refractivity contribution is 14.0. The maximum absolute atomic E-state index is 13.5. The molecule has 0 bridgehead atoms. The molecule has 1 aromatic heterocycles. The van der Waals surface area contributed by atoms with Crippen LogP contribution in [0.25, 0.3) is 0 Å². The molecule has 1 heterocycles. The van der Waals surface area contributed by atoms with Crippen LogP contribution in [0.5, 0.6) is 0 Å². The smallest absolute Gasteiger partial charge is 0.374 e. The average Bonchev–Trinajstić information content (AvgIpc) is 3.01.